The van der Waals surface area contributed by atoms with Gasteiger partial charge in [-0.05, 0) is 55.8 Å². The van der Waals surface area contributed by atoms with Crippen LogP contribution >= 0.6 is 0 Å². The Kier molecular flexibility index (Phi) is 5.49. The van der Waals surface area contributed by atoms with Gasteiger partial charge in [-0.15, -0.1) is 0 Å². The first kappa shape index (κ1) is 18.4. The number of piperidine rings is 2. The lowest BCUT2D eigenvalue weighted by atomic mass is 9.82. The van der Waals surface area contributed by atoms with E-state index in [1.165, 1.54) is 18.4 Å². The van der Waals surface area contributed by atoms with Gasteiger partial charge in [0.1, 0.15) is 0 Å². The molecule has 2 unspecified atom stereocenters. The molecule has 0 amide bonds. The van der Waals surface area contributed by atoms with Gasteiger partial charge in [0.15, 0.2) is 0 Å². The molecule has 2 saturated heterocycles. The molecule has 1 aromatic carbocycles. The third-order valence-corrected chi connectivity index (χ3v) is 5.61. The zero-order valence-electron chi connectivity index (χ0n) is 16.3. The molecule has 3 rings (SSSR count). The minimum absolute atomic E-state index is 0.328. The SMILES string of the molecule is CC1CC[C@H](c2ccc(C=NC3CN(C)CC(C)(C)C3)c(N)c2)NC1. The van der Waals surface area contributed by atoms with E-state index in [-0.39, 0.29) is 0 Å². The molecule has 25 heavy (non-hydrogen) atoms. The summed E-state index contributed by atoms with van der Waals surface area (Å²) in [6.45, 7) is 10.2. The molecule has 2 heterocycles. The quantitative estimate of drug-likeness (QED) is 0.653. The maximum absolute atomic E-state index is 6.32. The molecular weight excluding hydrogens is 308 g/mol. The summed E-state index contributed by atoms with van der Waals surface area (Å²) in [5.41, 5.74) is 9.83. The zero-order valence-corrected chi connectivity index (χ0v) is 16.3. The van der Waals surface area contributed by atoms with E-state index in [0.29, 0.717) is 17.5 Å². The largest absolute Gasteiger partial charge is 0.398 e. The van der Waals surface area contributed by atoms with Crippen LogP contribution in [0.5, 0.6) is 0 Å². The van der Waals surface area contributed by atoms with Gasteiger partial charge in [0, 0.05) is 36.6 Å². The minimum atomic E-state index is 0.328. The molecular formula is C21H34N4. The number of nitrogens with two attached hydrogens (primary N) is 1. The molecule has 2 fully saturated rings. The van der Waals surface area contributed by atoms with E-state index in [0.717, 1.165) is 43.2 Å². The normalized spacial score (nSPS) is 30.6. The van der Waals surface area contributed by atoms with E-state index in [9.17, 15) is 0 Å². The number of nitrogens with one attached hydrogen (secondary N) is 1. The Hall–Kier alpha value is -1.39. The van der Waals surface area contributed by atoms with Crippen LogP contribution in [0.2, 0.25) is 0 Å². The number of aliphatic imine (C=N–C) groups is 1. The zero-order chi connectivity index (χ0) is 18.0. The third kappa shape index (κ3) is 4.83. The summed E-state index contributed by atoms with van der Waals surface area (Å²) in [6, 6.07) is 7.27. The molecule has 3 N–H and O–H groups in total. The van der Waals surface area contributed by atoms with Crippen LogP contribution in [0, 0.1) is 11.3 Å². The van der Waals surface area contributed by atoms with Crippen LogP contribution < -0.4 is 11.1 Å². The second-order valence-electron chi connectivity index (χ2n) is 9.03. The van der Waals surface area contributed by atoms with E-state index in [2.05, 4.69) is 56.2 Å². The monoisotopic (exact) mass is 342 g/mol. The van der Waals surface area contributed by atoms with E-state index in [1.807, 2.05) is 6.21 Å². The van der Waals surface area contributed by atoms with Crippen molar-refractivity contribution in [3.05, 3.63) is 29.3 Å². The van der Waals surface area contributed by atoms with Crippen LogP contribution in [0.3, 0.4) is 0 Å². The van der Waals surface area contributed by atoms with Gasteiger partial charge in [0.25, 0.3) is 0 Å². The van der Waals surface area contributed by atoms with Crippen LogP contribution in [0.4, 0.5) is 5.69 Å². The molecule has 0 saturated carbocycles. The number of benzene rings is 1. The number of hydrogen-bond donors (Lipinski definition) is 2. The highest BCUT2D eigenvalue weighted by Crippen LogP contribution is 2.30. The van der Waals surface area contributed by atoms with E-state index in [1.54, 1.807) is 0 Å². The minimum Gasteiger partial charge on any atom is -0.398 e. The molecule has 0 radical (unpaired) electrons. The van der Waals surface area contributed by atoms with Gasteiger partial charge in [-0.25, -0.2) is 0 Å². The molecule has 1 aromatic rings. The van der Waals surface area contributed by atoms with Gasteiger partial charge in [-0.1, -0.05) is 32.9 Å². The van der Waals surface area contributed by atoms with Crippen LogP contribution in [-0.2, 0) is 0 Å². The van der Waals surface area contributed by atoms with Gasteiger partial charge in [0.05, 0.1) is 6.04 Å². The first-order chi connectivity index (χ1) is 11.8. The second kappa shape index (κ2) is 7.46. The molecule has 4 heteroatoms. The molecule has 138 valence electrons. The van der Waals surface area contributed by atoms with Crippen molar-refractivity contribution < 1.29 is 0 Å². The first-order valence-electron chi connectivity index (χ1n) is 9.67. The maximum atomic E-state index is 6.32. The lowest BCUT2D eigenvalue weighted by Crippen LogP contribution is -2.44. The highest BCUT2D eigenvalue weighted by Gasteiger charge is 2.30. The summed E-state index contributed by atoms with van der Waals surface area (Å²) < 4.78 is 0. The maximum Gasteiger partial charge on any atom is 0.0632 e. The fraction of sp³-hybridized carbons (Fsp3) is 0.667. The van der Waals surface area contributed by atoms with Crippen molar-refractivity contribution in [1.29, 1.82) is 0 Å². The Balaban J connectivity index is 1.67. The standard InChI is InChI=1S/C21H34N4/c1-15-5-8-20(24-11-15)16-6-7-17(19(22)9-16)12-23-18-10-21(2,3)14-25(4)13-18/h6-7,9,12,15,18,20,24H,5,8,10-11,13-14,22H2,1-4H3/t15?,18?,20-/m1/s1. The van der Waals surface area contributed by atoms with Crippen molar-refractivity contribution in [2.24, 2.45) is 16.3 Å². The van der Waals surface area contributed by atoms with Gasteiger partial charge >= 0.3 is 0 Å². The average Bonchev–Trinajstić information content (AvgIpc) is 2.52. The lowest BCUT2D eigenvalue weighted by molar-refractivity contribution is 0.126. The molecule has 0 aromatic heterocycles. The van der Waals surface area contributed by atoms with Gasteiger partial charge in [0.2, 0.25) is 0 Å². The Morgan fingerprint density at radius 3 is 2.76 bits per heavy atom. The van der Waals surface area contributed by atoms with Crippen molar-refractivity contribution in [2.75, 3.05) is 32.4 Å². The first-order valence-corrected chi connectivity index (χ1v) is 9.67. The van der Waals surface area contributed by atoms with E-state index < -0.39 is 0 Å². The van der Waals surface area contributed by atoms with Crippen LogP contribution in [-0.4, -0.2) is 43.8 Å². The van der Waals surface area contributed by atoms with Crippen molar-refractivity contribution >= 4 is 11.9 Å². The molecule has 0 aliphatic carbocycles. The number of rotatable bonds is 3. The third-order valence-electron chi connectivity index (χ3n) is 5.61. The summed E-state index contributed by atoms with van der Waals surface area (Å²) in [4.78, 5) is 7.23. The molecule has 2 aliphatic heterocycles. The number of likely N-dealkylation sites (tertiary alicyclic amines) is 1. The van der Waals surface area contributed by atoms with Crippen molar-refractivity contribution in [2.45, 2.75) is 52.1 Å². The summed E-state index contributed by atoms with van der Waals surface area (Å²) in [5.74, 6) is 0.776. The summed E-state index contributed by atoms with van der Waals surface area (Å²) in [7, 11) is 2.19. The Labute approximate surface area is 152 Å². The van der Waals surface area contributed by atoms with Gasteiger partial charge < -0.3 is 16.0 Å². The molecule has 3 atom stereocenters. The average molecular weight is 343 g/mol. The summed E-state index contributed by atoms with van der Waals surface area (Å²) in [5, 5.41) is 3.63. The number of nitrogen functional groups attached to an aromatic ring is 1. The fourth-order valence-corrected chi connectivity index (χ4v) is 4.42. The Bertz CT molecular complexity index is 614. The van der Waals surface area contributed by atoms with E-state index >= 15 is 0 Å². The fourth-order valence-electron chi connectivity index (χ4n) is 4.42. The lowest BCUT2D eigenvalue weighted by Gasteiger charge is -2.39. The number of nitrogens with zero attached hydrogens (tertiary/aromatic N) is 2. The van der Waals surface area contributed by atoms with Crippen molar-refractivity contribution in [3.63, 3.8) is 0 Å². The van der Waals surface area contributed by atoms with Crippen LogP contribution in [0.1, 0.15) is 57.2 Å². The topological polar surface area (TPSA) is 53.6 Å². The molecule has 0 spiro atoms. The molecule has 0 bridgehead atoms. The van der Waals surface area contributed by atoms with Crippen molar-refractivity contribution in [3.8, 4) is 0 Å². The molecule has 2 aliphatic rings. The smallest absolute Gasteiger partial charge is 0.0632 e. The second-order valence-corrected chi connectivity index (χ2v) is 9.03. The highest BCUT2D eigenvalue weighted by molar-refractivity contribution is 5.87. The summed E-state index contributed by atoms with van der Waals surface area (Å²) in [6.07, 6.45) is 5.59. The predicted molar refractivity (Wildman–Crippen MR) is 107 cm³/mol. The Morgan fingerprint density at radius 1 is 1.32 bits per heavy atom. The molecule has 4 nitrogen and oxygen atoms in total. The van der Waals surface area contributed by atoms with Crippen LogP contribution in [0.15, 0.2) is 23.2 Å². The number of likely N-dealkylation sites (N-methyl/N-ethyl adjacent to an activating group) is 1. The number of anilines is 1. The Morgan fingerprint density at radius 2 is 2.12 bits per heavy atom. The van der Waals surface area contributed by atoms with E-state index in [4.69, 9.17) is 10.7 Å². The van der Waals surface area contributed by atoms with Gasteiger partial charge in [-0.2, -0.15) is 0 Å². The van der Waals surface area contributed by atoms with Gasteiger partial charge in [-0.3, -0.25) is 4.99 Å². The summed E-state index contributed by atoms with van der Waals surface area (Å²) >= 11 is 0. The van der Waals surface area contributed by atoms with Crippen molar-refractivity contribution in [1.82, 2.24) is 10.2 Å². The highest BCUT2D eigenvalue weighted by atomic mass is 15.1. The predicted octanol–water partition coefficient (Wildman–Crippen LogP) is 3.48. The van der Waals surface area contributed by atoms with Crippen LogP contribution in [0.25, 0.3) is 0 Å². The number of hydrogen-bond acceptors (Lipinski definition) is 4.